The summed E-state index contributed by atoms with van der Waals surface area (Å²) in [7, 11) is 0. The van der Waals surface area contributed by atoms with Crippen LogP contribution < -0.4 is 0 Å². The molecule has 0 aliphatic carbocycles. The zero-order valence-electron chi connectivity index (χ0n) is 24.8. The molecule has 0 saturated carbocycles. The van der Waals surface area contributed by atoms with E-state index in [-0.39, 0.29) is 6.54 Å². The summed E-state index contributed by atoms with van der Waals surface area (Å²) in [5, 5.41) is 3.87. The second-order valence-electron chi connectivity index (χ2n) is 10.6. The van der Waals surface area contributed by atoms with Crippen molar-refractivity contribution in [2.24, 2.45) is 0 Å². The van der Waals surface area contributed by atoms with Crippen molar-refractivity contribution < 1.29 is 27.6 Å². The fraction of sp³-hybridized carbons (Fsp3) is 0.485. The van der Waals surface area contributed by atoms with Gasteiger partial charge < -0.3 is 4.84 Å². The molecule has 1 heterocycles. The largest absolute Gasteiger partial charge is 0.416 e. The third-order valence-electron chi connectivity index (χ3n) is 7.12. The molecule has 9 heteroatoms. The van der Waals surface area contributed by atoms with E-state index < -0.39 is 23.6 Å². The lowest BCUT2D eigenvalue weighted by molar-refractivity contribution is -0.177. The number of thiazole rings is 1. The van der Waals surface area contributed by atoms with Gasteiger partial charge in [0.25, 0.3) is 5.91 Å². The fourth-order valence-electron chi connectivity index (χ4n) is 4.80. The van der Waals surface area contributed by atoms with Crippen molar-refractivity contribution in [3.05, 3.63) is 75.8 Å². The van der Waals surface area contributed by atoms with Gasteiger partial charge in [0.05, 0.1) is 17.8 Å². The molecule has 0 spiro atoms. The average Bonchev–Trinajstić information content (AvgIpc) is 3.44. The Morgan fingerprint density at radius 3 is 2.14 bits per heavy atom. The summed E-state index contributed by atoms with van der Waals surface area (Å²) in [6.45, 7) is 5.16. The van der Waals surface area contributed by atoms with Crippen LogP contribution in [0.3, 0.4) is 0 Å². The number of alkyl halides is 3. The molecule has 0 aliphatic heterocycles. The molecule has 42 heavy (non-hydrogen) atoms. The van der Waals surface area contributed by atoms with E-state index in [9.17, 15) is 22.8 Å². The van der Waals surface area contributed by atoms with E-state index in [0.29, 0.717) is 17.5 Å². The quantitative estimate of drug-likeness (QED) is 0.128. The van der Waals surface area contributed by atoms with Gasteiger partial charge in [-0.2, -0.15) is 18.2 Å². The first-order chi connectivity index (χ1) is 20.1. The molecule has 0 aliphatic rings. The molecule has 3 aromatic rings. The van der Waals surface area contributed by atoms with Crippen molar-refractivity contribution in [3.8, 4) is 10.6 Å². The number of hydroxylamine groups is 2. The van der Waals surface area contributed by atoms with Gasteiger partial charge in [-0.3, -0.25) is 9.59 Å². The highest BCUT2D eigenvalue weighted by molar-refractivity contribution is 7.13. The van der Waals surface area contributed by atoms with Gasteiger partial charge in [0.2, 0.25) is 0 Å². The summed E-state index contributed by atoms with van der Waals surface area (Å²) in [5.41, 5.74) is 2.72. The molecule has 0 unspecified atom stereocenters. The number of hydrogen-bond acceptors (Lipinski definition) is 5. The number of benzene rings is 2. The first kappa shape index (κ1) is 33.3. The molecule has 0 N–H and O–H groups in total. The molecule has 0 saturated heterocycles. The van der Waals surface area contributed by atoms with Crippen molar-refractivity contribution in [3.63, 3.8) is 0 Å². The number of aryl methyl sites for hydroxylation is 2. The summed E-state index contributed by atoms with van der Waals surface area (Å²) in [6, 6.07) is 9.87. The Morgan fingerprint density at radius 1 is 0.905 bits per heavy atom. The maximum absolute atomic E-state index is 13.5. The van der Waals surface area contributed by atoms with Crippen molar-refractivity contribution in [2.45, 2.75) is 104 Å². The SMILES string of the molecule is CCCCCCCCCCCc1csc(-c2ccc(C(=O)N(Cc3ccc(C(F)(F)F)cc3)OC(C)=O)c(CC)c2)n1. The molecular weight excluding hydrogens is 561 g/mol. The number of carbonyl (C=O) groups excluding carboxylic acids is 2. The third-order valence-corrected chi connectivity index (χ3v) is 8.06. The van der Waals surface area contributed by atoms with Crippen LogP contribution in [0.1, 0.15) is 111 Å². The zero-order chi connectivity index (χ0) is 30.5. The topological polar surface area (TPSA) is 59.5 Å². The van der Waals surface area contributed by atoms with E-state index >= 15 is 0 Å². The predicted molar refractivity (Wildman–Crippen MR) is 161 cm³/mol. The minimum Gasteiger partial charge on any atom is -0.338 e. The molecule has 0 radical (unpaired) electrons. The predicted octanol–water partition coefficient (Wildman–Crippen LogP) is 9.59. The number of rotatable bonds is 15. The second-order valence-corrected chi connectivity index (χ2v) is 11.4. The Bertz CT molecular complexity index is 1290. The van der Waals surface area contributed by atoms with E-state index in [1.807, 2.05) is 19.1 Å². The molecule has 1 aromatic heterocycles. The minimum atomic E-state index is -4.47. The number of nitrogens with zero attached hydrogens (tertiary/aromatic N) is 2. The highest BCUT2D eigenvalue weighted by Gasteiger charge is 2.30. The van der Waals surface area contributed by atoms with E-state index in [2.05, 4.69) is 12.3 Å². The van der Waals surface area contributed by atoms with Gasteiger partial charge in [-0.05, 0) is 54.7 Å². The first-order valence-corrected chi connectivity index (χ1v) is 15.7. The van der Waals surface area contributed by atoms with Crippen molar-refractivity contribution in [1.29, 1.82) is 0 Å². The summed E-state index contributed by atoms with van der Waals surface area (Å²) in [4.78, 5) is 35.2. The van der Waals surface area contributed by atoms with Crippen LogP contribution in [0.5, 0.6) is 0 Å². The Morgan fingerprint density at radius 2 is 1.55 bits per heavy atom. The lowest BCUT2D eigenvalue weighted by Gasteiger charge is -2.22. The van der Waals surface area contributed by atoms with Gasteiger partial charge in [-0.15, -0.1) is 11.3 Å². The van der Waals surface area contributed by atoms with Gasteiger partial charge in [-0.1, -0.05) is 83.4 Å². The second kappa shape index (κ2) is 16.4. The molecular formula is C33H41F3N2O3S. The van der Waals surface area contributed by atoms with E-state index in [0.717, 1.165) is 51.9 Å². The van der Waals surface area contributed by atoms with Crippen LogP contribution in [0.4, 0.5) is 13.2 Å². The summed E-state index contributed by atoms with van der Waals surface area (Å²) in [5.74, 6) is -1.24. The van der Waals surface area contributed by atoms with Crippen LogP contribution in [0.25, 0.3) is 10.6 Å². The molecule has 228 valence electrons. The lowest BCUT2D eigenvalue weighted by Crippen LogP contribution is -2.33. The Balaban J connectivity index is 1.64. The van der Waals surface area contributed by atoms with Gasteiger partial charge in [0.15, 0.2) is 0 Å². The van der Waals surface area contributed by atoms with Crippen LogP contribution in [-0.2, 0) is 35.2 Å². The van der Waals surface area contributed by atoms with Gasteiger partial charge in [0, 0.05) is 23.4 Å². The first-order valence-electron chi connectivity index (χ1n) is 14.9. The number of unbranched alkanes of at least 4 members (excludes halogenated alkanes) is 8. The third kappa shape index (κ3) is 10.3. The number of amides is 1. The van der Waals surface area contributed by atoms with Crippen molar-refractivity contribution in [1.82, 2.24) is 10.0 Å². The summed E-state index contributed by atoms with van der Waals surface area (Å²) >= 11 is 1.58. The van der Waals surface area contributed by atoms with E-state index in [1.165, 1.54) is 70.4 Å². The molecule has 0 atom stereocenters. The fourth-order valence-corrected chi connectivity index (χ4v) is 5.65. The molecule has 3 rings (SSSR count). The lowest BCUT2D eigenvalue weighted by atomic mass is 10.0. The molecule has 0 fully saturated rings. The maximum atomic E-state index is 13.5. The monoisotopic (exact) mass is 602 g/mol. The molecule has 2 aromatic carbocycles. The van der Waals surface area contributed by atoms with Crippen LogP contribution in [0.2, 0.25) is 0 Å². The Hall–Kier alpha value is -3.20. The van der Waals surface area contributed by atoms with Gasteiger partial charge >= 0.3 is 12.1 Å². The maximum Gasteiger partial charge on any atom is 0.416 e. The standard InChI is InChI=1S/C33H41F3N2O3S/c1-4-6-7-8-9-10-11-12-13-14-29-23-42-31(37-29)27-17-20-30(26(5-2)21-27)32(40)38(41-24(3)39)22-25-15-18-28(19-16-25)33(34,35)36/h15-21,23H,4-14,22H2,1-3H3. The van der Waals surface area contributed by atoms with Crippen LogP contribution in [0, 0.1) is 0 Å². The number of aromatic nitrogens is 1. The van der Waals surface area contributed by atoms with Crippen LogP contribution in [0.15, 0.2) is 47.8 Å². The molecule has 5 nitrogen and oxygen atoms in total. The summed E-state index contributed by atoms with van der Waals surface area (Å²) < 4.78 is 38.8. The smallest absolute Gasteiger partial charge is 0.338 e. The normalized spacial score (nSPS) is 11.5. The highest BCUT2D eigenvalue weighted by atomic mass is 32.1. The minimum absolute atomic E-state index is 0.184. The van der Waals surface area contributed by atoms with Crippen molar-refractivity contribution >= 4 is 23.2 Å². The summed E-state index contributed by atoms with van der Waals surface area (Å²) in [6.07, 6.45) is 8.57. The average molecular weight is 603 g/mol. The zero-order valence-corrected chi connectivity index (χ0v) is 25.6. The number of carbonyl (C=O) groups is 2. The van der Waals surface area contributed by atoms with Crippen LogP contribution in [-0.4, -0.2) is 21.9 Å². The highest BCUT2D eigenvalue weighted by Crippen LogP contribution is 2.30. The molecule has 0 bridgehead atoms. The van der Waals surface area contributed by atoms with Crippen LogP contribution >= 0.6 is 11.3 Å². The Kier molecular flexibility index (Phi) is 13.0. The Labute approximate surface area is 251 Å². The number of halogens is 3. The van der Waals surface area contributed by atoms with Gasteiger partial charge in [0.1, 0.15) is 5.01 Å². The molecule has 1 amide bonds. The van der Waals surface area contributed by atoms with E-state index in [1.54, 1.807) is 17.4 Å². The van der Waals surface area contributed by atoms with Crippen molar-refractivity contribution in [2.75, 3.05) is 0 Å². The number of hydrogen-bond donors (Lipinski definition) is 0. The van der Waals surface area contributed by atoms with Gasteiger partial charge in [-0.25, -0.2) is 4.98 Å². The van der Waals surface area contributed by atoms with E-state index in [4.69, 9.17) is 9.82 Å².